The number of nitriles is 1. The lowest BCUT2D eigenvalue weighted by Crippen LogP contribution is -2.35. The first-order chi connectivity index (χ1) is 12.2. The second-order valence-corrected chi connectivity index (χ2v) is 6.95. The number of fused-ring (bicyclic) bond motifs is 1. The summed E-state index contributed by atoms with van der Waals surface area (Å²) in [5.41, 5.74) is 1.83. The molecule has 25 heavy (non-hydrogen) atoms. The summed E-state index contributed by atoms with van der Waals surface area (Å²) in [7, 11) is 0. The topological polar surface area (TPSA) is 70.4 Å². The van der Waals surface area contributed by atoms with Crippen LogP contribution in [-0.4, -0.2) is 25.0 Å². The molecule has 0 radical (unpaired) electrons. The Bertz CT molecular complexity index is 784. The average molecular weight is 354 g/mol. The first-order valence-electron chi connectivity index (χ1n) is 8.20. The molecule has 0 atom stereocenters. The van der Waals surface area contributed by atoms with E-state index in [4.69, 9.17) is 10.00 Å². The van der Waals surface area contributed by atoms with Crippen molar-refractivity contribution in [3.05, 3.63) is 51.7 Å². The van der Waals surface area contributed by atoms with Crippen LogP contribution < -0.4 is 4.90 Å². The van der Waals surface area contributed by atoms with Crippen molar-refractivity contribution in [1.29, 1.82) is 5.26 Å². The summed E-state index contributed by atoms with van der Waals surface area (Å²) in [5, 5.41) is 8.95. The fourth-order valence-corrected chi connectivity index (χ4v) is 4.02. The largest absolute Gasteiger partial charge is 0.451 e. The third-order valence-corrected chi connectivity index (χ3v) is 5.34. The van der Waals surface area contributed by atoms with Crippen molar-refractivity contribution in [1.82, 2.24) is 0 Å². The van der Waals surface area contributed by atoms with E-state index in [2.05, 4.69) is 0 Å². The summed E-state index contributed by atoms with van der Waals surface area (Å²) in [6.45, 7) is -0.467. The molecule has 0 saturated heterocycles. The highest BCUT2D eigenvalue weighted by atomic mass is 32.1. The van der Waals surface area contributed by atoms with E-state index < -0.39 is 11.9 Å². The van der Waals surface area contributed by atoms with Gasteiger partial charge in [-0.05, 0) is 49.4 Å². The number of anilines is 1. The molecule has 0 aliphatic heterocycles. The van der Waals surface area contributed by atoms with Gasteiger partial charge in [-0.2, -0.15) is 5.26 Å². The van der Waals surface area contributed by atoms with E-state index >= 15 is 0 Å². The van der Waals surface area contributed by atoms with Crippen LogP contribution in [0, 0.1) is 11.3 Å². The Kier molecular flexibility index (Phi) is 5.46. The molecule has 0 saturated carbocycles. The highest BCUT2D eigenvalue weighted by Gasteiger charge is 2.21. The van der Waals surface area contributed by atoms with Gasteiger partial charge >= 0.3 is 5.97 Å². The van der Waals surface area contributed by atoms with Crippen LogP contribution in [0.1, 0.15) is 33.0 Å². The molecule has 2 aromatic rings. The summed E-state index contributed by atoms with van der Waals surface area (Å²) >= 11 is 1.46. The van der Waals surface area contributed by atoms with Crippen molar-refractivity contribution in [2.45, 2.75) is 25.7 Å². The molecule has 0 bridgehead atoms. The Balaban J connectivity index is 1.63. The molecule has 0 unspecified atom stereocenters. The molecule has 0 spiro atoms. The number of carbonyl (C=O) groups excluding carboxylic acids is 2. The number of carbonyl (C=O) groups is 2. The van der Waals surface area contributed by atoms with Crippen LogP contribution in [0.25, 0.3) is 0 Å². The zero-order valence-corrected chi connectivity index (χ0v) is 14.6. The lowest BCUT2D eigenvalue weighted by atomic mass is 9.99. The molecule has 1 aromatic heterocycles. The van der Waals surface area contributed by atoms with E-state index in [0.717, 1.165) is 25.7 Å². The molecule has 128 valence electrons. The zero-order chi connectivity index (χ0) is 17.6. The van der Waals surface area contributed by atoms with E-state index in [1.165, 1.54) is 26.7 Å². The number of rotatable bonds is 5. The van der Waals surface area contributed by atoms with Crippen LogP contribution in [0.15, 0.2) is 36.4 Å². The number of benzene rings is 1. The van der Waals surface area contributed by atoms with Crippen molar-refractivity contribution in [2.75, 3.05) is 18.1 Å². The van der Waals surface area contributed by atoms with Crippen LogP contribution in [0.3, 0.4) is 0 Å². The minimum Gasteiger partial charge on any atom is -0.451 e. The van der Waals surface area contributed by atoms with E-state index in [1.54, 1.807) is 24.3 Å². The summed E-state index contributed by atoms with van der Waals surface area (Å²) in [5.74, 6) is -0.889. The lowest BCUT2D eigenvalue weighted by Gasteiger charge is -2.19. The van der Waals surface area contributed by atoms with E-state index in [1.807, 2.05) is 18.2 Å². The standard InChI is InChI=1S/C19H18N2O3S/c20-10-11-21(15-7-2-1-3-8-15)18(22)13-24-19(23)17-12-14-6-4-5-9-16(14)25-17/h1-3,7-8,12H,4-6,9,11,13H2. The Morgan fingerprint density at radius 1 is 1.20 bits per heavy atom. The van der Waals surface area contributed by atoms with Gasteiger partial charge in [0, 0.05) is 10.6 Å². The fourth-order valence-electron chi connectivity index (χ4n) is 2.87. The number of aryl methyl sites for hydroxylation is 2. The number of ether oxygens (including phenoxy) is 1. The Morgan fingerprint density at radius 2 is 1.96 bits per heavy atom. The third kappa shape index (κ3) is 4.06. The number of thiophene rings is 1. The predicted octanol–water partition coefficient (Wildman–Crippen LogP) is 3.34. The number of para-hydroxylation sites is 1. The highest BCUT2D eigenvalue weighted by molar-refractivity contribution is 7.14. The van der Waals surface area contributed by atoms with Crippen LogP contribution in [0.2, 0.25) is 0 Å². The molecular weight excluding hydrogens is 336 g/mol. The highest BCUT2D eigenvalue weighted by Crippen LogP contribution is 2.30. The number of amides is 1. The SMILES string of the molecule is N#CCN(C(=O)COC(=O)c1cc2c(s1)CCCC2)c1ccccc1. The molecule has 0 fully saturated rings. The van der Waals surface area contributed by atoms with Gasteiger partial charge in [-0.25, -0.2) is 4.79 Å². The van der Waals surface area contributed by atoms with Gasteiger partial charge in [0.05, 0.1) is 6.07 Å². The second-order valence-electron chi connectivity index (χ2n) is 5.82. The van der Waals surface area contributed by atoms with Gasteiger partial charge < -0.3 is 4.74 Å². The summed E-state index contributed by atoms with van der Waals surface area (Å²) in [6.07, 6.45) is 4.32. The van der Waals surface area contributed by atoms with Gasteiger partial charge in [-0.1, -0.05) is 18.2 Å². The molecule has 6 heteroatoms. The van der Waals surface area contributed by atoms with Crippen LogP contribution >= 0.6 is 11.3 Å². The smallest absolute Gasteiger partial charge is 0.348 e. The molecule has 1 aromatic carbocycles. The Labute approximate surface area is 150 Å². The van der Waals surface area contributed by atoms with E-state index in [0.29, 0.717) is 10.6 Å². The van der Waals surface area contributed by atoms with E-state index in [-0.39, 0.29) is 13.2 Å². The molecule has 5 nitrogen and oxygen atoms in total. The Hall–Kier alpha value is -2.65. The van der Waals surface area contributed by atoms with Gasteiger partial charge in [0.1, 0.15) is 11.4 Å². The van der Waals surface area contributed by atoms with Gasteiger partial charge in [-0.15, -0.1) is 11.3 Å². The summed E-state index contributed by atoms with van der Waals surface area (Å²) < 4.78 is 5.19. The number of hydrogen-bond acceptors (Lipinski definition) is 5. The molecule has 1 aliphatic carbocycles. The third-order valence-electron chi connectivity index (χ3n) is 4.12. The quantitative estimate of drug-likeness (QED) is 0.610. The molecule has 1 amide bonds. The monoisotopic (exact) mass is 354 g/mol. The van der Waals surface area contributed by atoms with Crippen molar-refractivity contribution >= 4 is 28.9 Å². The van der Waals surface area contributed by atoms with Crippen LogP contribution in [0.4, 0.5) is 5.69 Å². The number of nitrogens with zero attached hydrogens (tertiary/aromatic N) is 2. The summed E-state index contributed by atoms with van der Waals surface area (Å²) in [6, 6.07) is 12.7. The maximum Gasteiger partial charge on any atom is 0.348 e. The second kappa shape index (κ2) is 7.95. The molecule has 1 heterocycles. The van der Waals surface area contributed by atoms with Crippen molar-refractivity contribution < 1.29 is 14.3 Å². The first kappa shape index (κ1) is 17.2. The summed E-state index contributed by atoms with van der Waals surface area (Å²) in [4.78, 5) is 27.7. The zero-order valence-electron chi connectivity index (χ0n) is 13.7. The fraction of sp³-hybridized carbons (Fsp3) is 0.316. The Morgan fingerprint density at radius 3 is 2.68 bits per heavy atom. The van der Waals surface area contributed by atoms with Crippen molar-refractivity contribution in [2.24, 2.45) is 0 Å². The predicted molar refractivity (Wildman–Crippen MR) is 95.7 cm³/mol. The average Bonchev–Trinajstić information content (AvgIpc) is 3.09. The minimum absolute atomic E-state index is 0.0896. The number of esters is 1. The van der Waals surface area contributed by atoms with Crippen LogP contribution in [0.5, 0.6) is 0 Å². The molecule has 1 aliphatic rings. The molecule has 0 N–H and O–H groups in total. The van der Waals surface area contributed by atoms with Gasteiger partial charge in [-0.3, -0.25) is 9.69 Å². The van der Waals surface area contributed by atoms with Gasteiger partial charge in [0.2, 0.25) is 0 Å². The minimum atomic E-state index is -0.474. The normalized spacial score (nSPS) is 12.8. The number of hydrogen-bond donors (Lipinski definition) is 0. The van der Waals surface area contributed by atoms with E-state index in [9.17, 15) is 9.59 Å². The lowest BCUT2D eigenvalue weighted by molar-refractivity contribution is -0.121. The van der Waals surface area contributed by atoms with Crippen molar-refractivity contribution in [3.63, 3.8) is 0 Å². The van der Waals surface area contributed by atoms with Gasteiger partial charge in [0.15, 0.2) is 6.61 Å². The van der Waals surface area contributed by atoms with Crippen LogP contribution in [-0.2, 0) is 22.4 Å². The first-order valence-corrected chi connectivity index (χ1v) is 9.02. The molecular formula is C19H18N2O3S. The van der Waals surface area contributed by atoms with Crippen molar-refractivity contribution in [3.8, 4) is 6.07 Å². The maximum atomic E-state index is 12.4. The molecule has 3 rings (SSSR count). The maximum absolute atomic E-state index is 12.4. The van der Waals surface area contributed by atoms with Gasteiger partial charge in [0.25, 0.3) is 5.91 Å².